The number of aliphatic hydroxyl groups excluding tert-OH is 1. The summed E-state index contributed by atoms with van der Waals surface area (Å²) in [6.45, 7) is 0. The van der Waals surface area contributed by atoms with Crippen LogP contribution in [0.15, 0.2) is 91.0 Å². The second kappa shape index (κ2) is 8.28. The first-order chi connectivity index (χ1) is 13.7. The largest absolute Gasteiger partial charge is 0.457 e. The van der Waals surface area contributed by atoms with Crippen molar-refractivity contribution in [1.29, 1.82) is 0 Å². The van der Waals surface area contributed by atoms with Gasteiger partial charge in [-0.25, -0.2) is 0 Å². The van der Waals surface area contributed by atoms with Crippen molar-refractivity contribution in [3.05, 3.63) is 102 Å². The Bertz CT molecular complexity index is 899. The minimum atomic E-state index is -0.812. The Balaban J connectivity index is 1.62. The van der Waals surface area contributed by atoms with E-state index in [0.29, 0.717) is 6.42 Å². The standard InChI is InChI=1S/C24H23NO3/c26-20-16-21(17-10-4-1-5-11-17)28-24(27)22(20)23(18-12-6-2-7-13-18)25-19-14-8-3-9-15-19/h1-15,20-23,25-26H,16H2/t20-,21+,22+,23+/m0/s1. The quantitative estimate of drug-likeness (QED) is 0.646. The predicted octanol–water partition coefficient (Wildman–Crippen LogP) is 4.51. The molecule has 1 aliphatic rings. The van der Waals surface area contributed by atoms with Crippen LogP contribution in [0.3, 0.4) is 0 Å². The maximum absolute atomic E-state index is 13.0. The molecule has 0 saturated carbocycles. The number of cyclic esters (lactones) is 1. The fourth-order valence-corrected chi connectivity index (χ4v) is 3.77. The van der Waals surface area contributed by atoms with Gasteiger partial charge in [-0.15, -0.1) is 0 Å². The minimum Gasteiger partial charge on any atom is -0.457 e. The number of nitrogens with one attached hydrogen (secondary N) is 1. The van der Waals surface area contributed by atoms with Crippen molar-refractivity contribution < 1.29 is 14.6 Å². The van der Waals surface area contributed by atoms with Gasteiger partial charge >= 0.3 is 5.97 Å². The number of carbonyl (C=O) groups excluding carboxylic acids is 1. The van der Waals surface area contributed by atoms with Crippen LogP contribution in [-0.2, 0) is 9.53 Å². The van der Waals surface area contributed by atoms with Crippen LogP contribution in [0, 0.1) is 5.92 Å². The van der Waals surface area contributed by atoms with Crippen molar-refractivity contribution in [3.8, 4) is 0 Å². The third-order valence-corrected chi connectivity index (χ3v) is 5.19. The Labute approximate surface area is 164 Å². The third kappa shape index (κ3) is 3.92. The van der Waals surface area contributed by atoms with E-state index in [4.69, 9.17) is 4.74 Å². The highest BCUT2D eigenvalue weighted by Crippen LogP contribution is 2.39. The molecule has 142 valence electrons. The molecule has 4 rings (SSSR count). The number of aliphatic hydroxyl groups is 1. The summed E-state index contributed by atoms with van der Waals surface area (Å²) in [5, 5.41) is 14.4. The zero-order chi connectivity index (χ0) is 19.3. The van der Waals surface area contributed by atoms with Gasteiger partial charge in [0.1, 0.15) is 12.0 Å². The summed E-state index contributed by atoms with van der Waals surface area (Å²) in [4.78, 5) is 13.0. The minimum absolute atomic E-state index is 0.375. The number of carbonyl (C=O) groups is 1. The fourth-order valence-electron chi connectivity index (χ4n) is 3.77. The van der Waals surface area contributed by atoms with Gasteiger partial charge in [-0.3, -0.25) is 4.79 Å². The first-order valence-electron chi connectivity index (χ1n) is 9.52. The van der Waals surface area contributed by atoms with Crippen LogP contribution in [0.1, 0.15) is 29.7 Å². The van der Waals surface area contributed by atoms with E-state index in [-0.39, 0.29) is 12.0 Å². The van der Waals surface area contributed by atoms with E-state index in [0.717, 1.165) is 16.8 Å². The number of rotatable bonds is 5. The average molecular weight is 373 g/mol. The Kier molecular flexibility index (Phi) is 5.40. The van der Waals surface area contributed by atoms with E-state index >= 15 is 0 Å². The molecule has 0 unspecified atom stereocenters. The molecule has 3 aromatic carbocycles. The molecule has 1 fully saturated rings. The Morgan fingerprint density at radius 3 is 2.04 bits per heavy atom. The molecule has 1 heterocycles. The molecular weight excluding hydrogens is 350 g/mol. The number of benzene rings is 3. The lowest BCUT2D eigenvalue weighted by Gasteiger charge is -2.37. The summed E-state index contributed by atoms with van der Waals surface area (Å²) in [6.07, 6.45) is -0.860. The van der Waals surface area contributed by atoms with E-state index in [1.54, 1.807) is 0 Å². The number of para-hydroxylation sites is 1. The van der Waals surface area contributed by atoms with Crippen LogP contribution < -0.4 is 5.32 Å². The fraction of sp³-hybridized carbons (Fsp3) is 0.208. The van der Waals surface area contributed by atoms with Gasteiger partial charge in [-0.2, -0.15) is 0 Å². The van der Waals surface area contributed by atoms with Crippen LogP contribution in [0.2, 0.25) is 0 Å². The third-order valence-electron chi connectivity index (χ3n) is 5.19. The average Bonchev–Trinajstić information content (AvgIpc) is 2.74. The molecule has 0 bridgehead atoms. The second-order valence-corrected chi connectivity index (χ2v) is 7.06. The van der Waals surface area contributed by atoms with Crippen molar-refractivity contribution in [1.82, 2.24) is 0 Å². The summed E-state index contributed by atoms with van der Waals surface area (Å²) in [6, 6.07) is 28.6. The van der Waals surface area contributed by atoms with E-state index in [9.17, 15) is 9.90 Å². The van der Waals surface area contributed by atoms with Gasteiger partial charge in [0, 0.05) is 12.1 Å². The van der Waals surface area contributed by atoms with Crippen LogP contribution in [0.25, 0.3) is 0 Å². The number of ether oxygens (including phenoxy) is 1. The van der Waals surface area contributed by atoms with Gasteiger partial charge < -0.3 is 15.2 Å². The van der Waals surface area contributed by atoms with E-state index in [1.807, 2.05) is 91.0 Å². The molecule has 28 heavy (non-hydrogen) atoms. The maximum Gasteiger partial charge on any atom is 0.314 e. The van der Waals surface area contributed by atoms with E-state index in [1.165, 1.54) is 0 Å². The summed E-state index contributed by atoms with van der Waals surface area (Å²) in [7, 11) is 0. The summed E-state index contributed by atoms with van der Waals surface area (Å²) < 4.78 is 5.76. The maximum atomic E-state index is 13.0. The Hall–Kier alpha value is -3.11. The highest BCUT2D eigenvalue weighted by molar-refractivity contribution is 5.76. The molecular formula is C24H23NO3. The normalized spacial score (nSPS) is 22.9. The van der Waals surface area contributed by atoms with Crippen LogP contribution in [-0.4, -0.2) is 17.2 Å². The molecule has 0 aliphatic carbocycles. The molecule has 1 saturated heterocycles. The number of esters is 1. The lowest BCUT2D eigenvalue weighted by Crippen LogP contribution is -2.43. The van der Waals surface area contributed by atoms with Crippen molar-refractivity contribution in [3.63, 3.8) is 0 Å². The second-order valence-electron chi connectivity index (χ2n) is 7.06. The topological polar surface area (TPSA) is 58.6 Å². The molecule has 2 N–H and O–H groups in total. The predicted molar refractivity (Wildman–Crippen MR) is 109 cm³/mol. The van der Waals surface area contributed by atoms with Gasteiger partial charge in [0.2, 0.25) is 0 Å². The van der Waals surface area contributed by atoms with Crippen molar-refractivity contribution >= 4 is 11.7 Å². The summed E-state index contributed by atoms with van der Waals surface area (Å²) in [5.74, 6) is -1.08. The molecule has 0 aromatic heterocycles. The van der Waals surface area contributed by atoms with Gasteiger partial charge in [-0.1, -0.05) is 78.9 Å². The zero-order valence-electron chi connectivity index (χ0n) is 15.4. The summed E-state index contributed by atoms with van der Waals surface area (Å²) in [5.41, 5.74) is 2.73. The Morgan fingerprint density at radius 2 is 1.43 bits per heavy atom. The number of hydrogen-bond donors (Lipinski definition) is 2. The molecule has 1 aliphatic heterocycles. The van der Waals surface area contributed by atoms with Crippen molar-refractivity contribution in [2.24, 2.45) is 5.92 Å². The monoisotopic (exact) mass is 373 g/mol. The van der Waals surface area contributed by atoms with Gasteiger partial charge in [0.25, 0.3) is 0 Å². The van der Waals surface area contributed by atoms with Crippen molar-refractivity contribution in [2.45, 2.75) is 24.7 Å². The first kappa shape index (κ1) is 18.3. The number of anilines is 1. The molecule has 3 aromatic rings. The number of hydrogen-bond acceptors (Lipinski definition) is 4. The lowest BCUT2D eigenvalue weighted by molar-refractivity contribution is -0.171. The highest BCUT2D eigenvalue weighted by Gasteiger charge is 2.43. The summed E-state index contributed by atoms with van der Waals surface area (Å²) >= 11 is 0. The van der Waals surface area contributed by atoms with Crippen LogP contribution in [0.5, 0.6) is 0 Å². The molecule has 0 amide bonds. The van der Waals surface area contributed by atoms with Gasteiger partial charge in [0.05, 0.1) is 12.1 Å². The van der Waals surface area contributed by atoms with Gasteiger partial charge in [-0.05, 0) is 23.3 Å². The molecule has 0 radical (unpaired) electrons. The zero-order valence-corrected chi connectivity index (χ0v) is 15.4. The highest BCUT2D eigenvalue weighted by atomic mass is 16.5. The van der Waals surface area contributed by atoms with Crippen LogP contribution in [0.4, 0.5) is 5.69 Å². The van der Waals surface area contributed by atoms with Gasteiger partial charge in [0.15, 0.2) is 0 Å². The van der Waals surface area contributed by atoms with Crippen LogP contribution >= 0.6 is 0 Å². The van der Waals surface area contributed by atoms with E-state index < -0.39 is 18.1 Å². The van der Waals surface area contributed by atoms with E-state index in [2.05, 4.69) is 5.32 Å². The molecule has 0 spiro atoms. The first-order valence-corrected chi connectivity index (χ1v) is 9.52. The molecule has 4 nitrogen and oxygen atoms in total. The lowest BCUT2D eigenvalue weighted by atomic mass is 9.83. The Morgan fingerprint density at radius 1 is 0.857 bits per heavy atom. The smallest absolute Gasteiger partial charge is 0.314 e. The molecule has 4 atom stereocenters. The van der Waals surface area contributed by atoms with Crippen molar-refractivity contribution in [2.75, 3.05) is 5.32 Å². The molecule has 4 heteroatoms. The SMILES string of the molecule is O=C1O[C@@H](c2ccccc2)C[C@H](O)[C@@H]1[C@H](Nc1ccccc1)c1ccccc1.